The van der Waals surface area contributed by atoms with E-state index in [2.05, 4.69) is 25.4 Å². The Labute approximate surface area is 254 Å². The van der Waals surface area contributed by atoms with E-state index >= 15 is 4.39 Å². The first-order chi connectivity index (χ1) is 21.0. The summed E-state index contributed by atoms with van der Waals surface area (Å²) in [7, 11) is 1.86. The molecule has 0 spiro atoms. The minimum absolute atomic E-state index is 0.120. The number of hydrogen-bond donors (Lipinski definition) is 1. The van der Waals surface area contributed by atoms with Gasteiger partial charge in [-0.15, -0.1) is 0 Å². The summed E-state index contributed by atoms with van der Waals surface area (Å²) < 4.78 is 35.0. The number of aromatic nitrogens is 5. The summed E-state index contributed by atoms with van der Waals surface area (Å²) in [5, 5.41) is 8.47. The number of halogens is 1. The molecule has 4 heterocycles. The summed E-state index contributed by atoms with van der Waals surface area (Å²) in [6.07, 6.45) is 4.16. The summed E-state index contributed by atoms with van der Waals surface area (Å²) in [6.45, 7) is 8.26. The maximum Gasteiger partial charge on any atom is 0.410 e. The van der Waals surface area contributed by atoms with Crippen LogP contribution in [0.2, 0.25) is 0 Å². The van der Waals surface area contributed by atoms with E-state index in [0.29, 0.717) is 65.7 Å². The van der Waals surface area contributed by atoms with Gasteiger partial charge in [0.15, 0.2) is 11.6 Å². The van der Waals surface area contributed by atoms with Crippen LogP contribution in [0.25, 0.3) is 21.9 Å². The Morgan fingerprint density at radius 1 is 1.05 bits per heavy atom. The lowest BCUT2D eigenvalue weighted by atomic mass is 10.1. The van der Waals surface area contributed by atoms with Crippen LogP contribution in [0.15, 0.2) is 55.0 Å². The number of likely N-dealkylation sites (tertiary alicyclic amines) is 1. The molecule has 228 valence electrons. The molecule has 0 atom stereocenters. The standard InChI is InChI=1S/C32H34FN7O4/c1-19-26(42-22-7-6-20-17-39(5)38-25(20)16-22)10-8-23(28(19)33)36-30-29-24(34-18-35-30)9-11-27(37-29)43-21-12-14-40(15-13-21)31(41)44-32(2,3)4/h6-11,16-18,21H,12-15H2,1-5H3,(H,34,35,36). The molecule has 1 aliphatic rings. The number of anilines is 2. The number of benzene rings is 2. The molecule has 0 radical (unpaired) electrons. The van der Waals surface area contributed by atoms with E-state index in [1.54, 1.807) is 40.8 Å². The summed E-state index contributed by atoms with van der Waals surface area (Å²) in [4.78, 5) is 27.4. The molecule has 6 rings (SSSR count). The summed E-state index contributed by atoms with van der Waals surface area (Å²) >= 11 is 0. The monoisotopic (exact) mass is 599 g/mol. The van der Waals surface area contributed by atoms with Crippen molar-refractivity contribution in [1.82, 2.24) is 29.6 Å². The number of nitrogens with zero attached hydrogens (tertiary/aromatic N) is 6. The zero-order valence-electron chi connectivity index (χ0n) is 25.3. The predicted molar refractivity (Wildman–Crippen MR) is 164 cm³/mol. The third-order valence-electron chi connectivity index (χ3n) is 7.25. The van der Waals surface area contributed by atoms with Gasteiger partial charge in [-0.3, -0.25) is 4.68 Å². The fraction of sp³-hybridized carbons (Fsp3) is 0.344. The fourth-order valence-corrected chi connectivity index (χ4v) is 5.04. The molecule has 1 aliphatic heterocycles. The molecule has 2 aromatic carbocycles. The number of ether oxygens (including phenoxy) is 3. The lowest BCUT2D eigenvalue weighted by molar-refractivity contribution is 0.0123. The van der Waals surface area contributed by atoms with Gasteiger partial charge in [-0.25, -0.2) is 24.1 Å². The second kappa shape index (κ2) is 11.6. The lowest BCUT2D eigenvalue weighted by Crippen LogP contribution is -2.44. The van der Waals surface area contributed by atoms with Gasteiger partial charge in [-0.1, -0.05) is 0 Å². The van der Waals surface area contributed by atoms with Crippen molar-refractivity contribution in [2.45, 2.75) is 52.2 Å². The molecule has 0 saturated carbocycles. The van der Waals surface area contributed by atoms with Crippen molar-refractivity contribution in [3.05, 3.63) is 66.4 Å². The highest BCUT2D eigenvalue weighted by molar-refractivity contribution is 5.87. The largest absolute Gasteiger partial charge is 0.474 e. The van der Waals surface area contributed by atoms with Crippen LogP contribution in [0, 0.1) is 12.7 Å². The van der Waals surface area contributed by atoms with E-state index in [0.717, 1.165) is 10.9 Å². The fourth-order valence-electron chi connectivity index (χ4n) is 5.04. The maximum absolute atomic E-state index is 15.6. The number of carbonyl (C=O) groups excluding carboxylic acids is 1. The van der Waals surface area contributed by atoms with Gasteiger partial charge >= 0.3 is 6.09 Å². The zero-order valence-corrected chi connectivity index (χ0v) is 25.3. The minimum Gasteiger partial charge on any atom is -0.474 e. The van der Waals surface area contributed by atoms with Crippen molar-refractivity contribution < 1.29 is 23.4 Å². The van der Waals surface area contributed by atoms with Crippen LogP contribution in [0.1, 0.15) is 39.2 Å². The smallest absolute Gasteiger partial charge is 0.410 e. The minimum atomic E-state index is -0.541. The van der Waals surface area contributed by atoms with Crippen LogP contribution in [0.3, 0.4) is 0 Å². The molecule has 0 unspecified atom stereocenters. The molecule has 1 N–H and O–H groups in total. The van der Waals surface area contributed by atoms with E-state index in [9.17, 15) is 4.79 Å². The number of amides is 1. The highest BCUT2D eigenvalue weighted by atomic mass is 19.1. The Bertz CT molecular complexity index is 1840. The van der Waals surface area contributed by atoms with Crippen molar-refractivity contribution in [3.63, 3.8) is 0 Å². The molecule has 44 heavy (non-hydrogen) atoms. The van der Waals surface area contributed by atoms with Crippen molar-refractivity contribution in [3.8, 4) is 17.4 Å². The van der Waals surface area contributed by atoms with Crippen molar-refractivity contribution in [1.29, 1.82) is 0 Å². The van der Waals surface area contributed by atoms with Crippen molar-refractivity contribution in [2.75, 3.05) is 18.4 Å². The Kier molecular flexibility index (Phi) is 7.66. The van der Waals surface area contributed by atoms with Gasteiger partial charge in [0.1, 0.15) is 35.0 Å². The number of hydrogen-bond acceptors (Lipinski definition) is 9. The van der Waals surface area contributed by atoms with Crippen LogP contribution in [-0.4, -0.2) is 60.5 Å². The number of pyridine rings is 1. The summed E-state index contributed by atoms with van der Waals surface area (Å²) in [5.41, 5.74) is 1.83. The number of fused-ring (bicyclic) bond motifs is 2. The van der Waals surface area contributed by atoms with Gasteiger partial charge in [-0.05, 0) is 58.0 Å². The molecular weight excluding hydrogens is 565 g/mol. The molecule has 1 amide bonds. The van der Waals surface area contributed by atoms with E-state index in [1.165, 1.54) is 6.33 Å². The SMILES string of the molecule is Cc1c(Oc2ccc3cn(C)nc3c2)ccc(Nc2ncnc3ccc(OC4CCN(C(=O)OC(C)(C)C)CC4)nc23)c1F. The normalized spacial score (nSPS) is 14.2. The van der Waals surface area contributed by atoms with E-state index < -0.39 is 11.4 Å². The molecule has 0 bridgehead atoms. The molecule has 12 heteroatoms. The molecule has 11 nitrogen and oxygen atoms in total. The molecule has 3 aromatic heterocycles. The summed E-state index contributed by atoms with van der Waals surface area (Å²) in [5.74, 6) is 1.22. The molecular formula is C32H34FN7O4. The van der Waals surface area contributed by atoms with Gasteiger partial charge in [-0.2, -0.15) is 5.10 Å². The number of aryl methyl sites for hydroxylation is 1. The van der Waals surface area contributed by atoms with Gasteiger partial charge < -0.3 is 24.4 Å². The number of nitrogens with one attached hydrogen (secondary N) is 1. The van der Waals surface area contributed by atoms with Crippen molar-refractivity contribution in [2.24, 2.45) is 7.05 Å². The van der Waals surface area contributed by atoms with Crippen molar-refractivity contribution >= 4 is 39.5 Å². The van der Waals surface area contributed by atoms with Crippen LogP contribution in [0.5, 0.6) is 17.4 Å². The van der Waals surface area contributed by atoms with Gasteiger partial charge in [0.25, 0.3) is 0 Å². The van der Waals surface area contributed by atoms with Crippen LogP contribution < -0.4 is 14.8 Å². The van der Waals surface area contributed by atoms with Gasteiger partial charge in [0.2, 0.25) is 5.88 Å². The maximum atomic E-state index is 15.6. The Hall–Kier alpha value is -5.00. The van der Waals surface area contributed by atoms with Gasteiger partial charge in [0, 0.05) is 62.3 Å². The molecule has 5 aromatic rings. The number of rotatable bonds is 6. The van der Waals surface area contributed by atoms with Crippen LogP contribution >= 0.6 is 0 Å². The van der Waals surface area contributed by atoms with Gasteiger partial charge in [0.05, 0.1) is 16.7 Å². The summed E-state index contributed by atoms with van der Waals surface area (Å²) in [6, 6.07) is 12.4. The first-order valence-electron chi connectivity index (χ1n) is 14.5. The van der Waals surface area contributed by atoms with Crippen LogP contribution in [0.4, 0.5) is 20.7 Å². The Balaban J connectivity index is 1.15. The quantitative estimate of drug-likeness (QED) is 0.228. The average Bonchev–Trinajstić information content (AvgIpc) is 3.36. The van der Waals surface area contributed by atoms with Crippen LogP contribution in [-0.2, 0) is 11.8 Å². The van der Waals surface area contributed by atoms with E-state index in [1.807, 2.05) is 52.2 Å². The zero-order chi connectivity index (χ0) is 31.0. The highest BCUT2D eigenvalue weighted by Crippen LogP contribution is 2.34. The molecule has 0 aliphatic carbocycles. The third-order valence-corrected chi connectivity index (χ3v) is 7.25. The van der Waals surface area contributed by atoms with E-state index in [-0.39, 0.29) is 17.9 Å². The Morgan fingerprint density at radius 3 is 2.61 bits per heavy atom. The predicted octanol–water partition coefficient (Wildman–Crippen LogP) is 6.67. The van der Waals surface area contributed by atoms with E-state index in [4.69, 9.17) is 14.2 Å². The topological polar surface area (TPSA) is 117 Å². The Morgan fingerprint density at radius 2 is 1.84 bits per heavy atom. The first-order valence-corrected chi connectivity index (χ1v) is 14.5. The second-order valence-corrected chi connectivity index (χ2v) is 11.8. The average molecular weight is 600 g/mol. The number of piperidine rings is 1. The highest BCUT2D eigenvalue weighted by Gasteiger charge is 2.28. The lowest BCUT2D eigenvalue weighted by Gasteiger charge is -2.33. The first kappa shape index (κ1) is 29.1. The number of carbonyl (C=O) groups is 1. The third kappa shape index (κ3) is 6.34. The second-order valence-electron chi connectivity index (χ2n) is 11.8. The molecule has 1 saturated heterocycles. The molecule has 1 fully saturated rings.